The molecular weight excluding hydrogens is 406 g/mol. The number of hydrogen-bond donors (Lipinski definition) is 1. The van der Waals surface area contributed by atoms with E-state index in [0.717, 1.165) is 63.7 Å². The summed E-state index contributed by atoms with van der Waals surface area (Å²) in [5.41, 5.74) is 4.07. The number of fused-ring (bicyclic) bond motifs is 2. The minimum atomic E-state index is -3.27. The highest BCUT2D eigenvalue weighted by atomic mass is 32.2. The Labute approximate surface area is 175 Å². The van der Waals surface area contributed by atoms with Crippen molar-refractivity contribution in [2.75, 3.05) is 25.9 Å². The van der Waals surface area contributed by atoms with Crippen LogP contribution in [-0.2, 0) is 23.1 Å². The van der Waals surface area contributed by atoms with E-state index in [1.165, 1.54) is 6.26 Å². The van der Waals surface area contributed by atoms with Crippen molar-refractivity contribution in [1.29, 1.82) is 0 Å². The molecule has 29 heavy (non-hydrogen) atoms. The van der Waals surface area contributed by atoms with Crippen molar-refractivity contribution in [2.45, 2.75) is 36.7 Å². The van der Waals surface area contributed by atoms with E-state index in [2.05, 4.69) is 39.2 Å². The Balaban J connectivity index is 1.81. The molecule has 0 unspecified atom stereocenters. The van der Waals surface area contributed by atoms with Crippen LogP contribution >= 0.6 is 11.8 Å². The second kappa shape index (κ2) is 8.06. The first-order valence-corrected chi connectivity index (χ1v) is 12.4. The Kier molecular flexibility index (Phi) is 5.65. The van der Waals surface area contributed by atoms with E-state index in [9.17, 15) is 8.42 Å². The van der Waals surface area contributed by atoms with E-state index in [4.69, 9.17) is 5.10 Å². The van der Waals surface area contributed by atoms with Crippen LogP contribution in [0.15, 0.2) is 40.4 Å². The summed E-state index contributed by atoms with van der Waals surface area (Å²) in [6, 6.07) is 6.07. The van der Waals surface area contributed by atoms with E-state index in [0.29, 0.717) is 0 Å². The normalized spacial score (nSPS) is 13.2. The van der Waals surface area contributed by atoms with Crippen LogP contribution in [-0.4, -0.2) is 54.0 Å². The van der Waals surface area contributed by atoms with Crippen molar-refractivity contribution < 1.29 is 8.42 Å². The smallest absolute Gasteiger partial charge is 0.209 e. The van der Waals surface area contributed by atoms with Crippen LogP contribution in [0.1, 0.15) is 19.4 Å². The molecule has 0 radical (unpaired) electrons. The summed E-state index contributed by atoms with van der Waals surface area (Å²) in [7, 11) is -3.27. The van der Waals surface area contributed by atoms with Crippen molar-refractivity contribution >= 4 is 32.7 Å². The molecule has 4 rings (SSSR count). The van der Waals surface area contributed by atoms with Crippen molar-refractivity contribution in [2.24, 2.45) is 0 Å². The Morgan fingerprint density at radius 1 is 1.21 bits per heavy atom. The van der Waals surface area contributed by atoms with Gasteiger partial charge in [0.15, 0.2) is 0 Å². The van der Waals surface area contributed by atoms with Gasteiger partial charge in [-0.1, -0.05) is 31.7 Å². The van der Waals surface area contributed by atoms with E-state index < -0.39 is 10.0 Å². The van der Waals surface area contributed by atoms with Gasteiger partial charge in [-0.15, -0.1) is 0 Å². The van der Waals surface area contributed by atoms with Crippen LogP contribution in [0, 0.1) is 0 Å². The molecule has 0 aliphatic carbocycles. The number of likely N-dealkylation sites (N-methyl/N-ethyl adjacent to an activating group) is 1. The summed E-state index contributed by atoms with van der Waals surface area (Å²) < 4.78 is 27.9. The Bertz CT molecular complexity index is 1150. The SMILES string of the molecule is CCN(CC)CCn1nc2c3c(c(CNS(C)(=O)=O)ccc31)Sc1cnccc1-2. The summed E-state index contributed by atoms with van der Waals surface area (Å²) in [5, 5.41) is 6.06. The minimum Gasteiger partial charge on any atom is -0.302 e. The van der Waals surface area contributed by atoms with Crippen LogP contribution in [0.2, 0.25) is 0 Å². The third kappa shape index (κ3) is 4.05. The third-order valence-electron chi connectivity index (χ3n) is 5.25. The fourth-order valence-corrected chi connectivity index (χ4v) is 5.25. The summed E-state index contributed by atoms with van der Waals surface area (Å²) in [4.78, 5) is 8.75. The zero-order valence-electron chi connectivity index (χ0n) is 16.8. The number of pyridine rings is 1. The molecule has 0 bridgehead atoms. The predicted molar refractivity (Wildman–Crippen MR) is 117 cm³/mol. The van der Waals surface area contributed by atoms with Gasteiger partial charge in [0.1, 0.15) is 5.69 Å². The van der Waals surface area contributed by atoms with E-state index >= 15 is 0 Å². The van der Waals surface area contributed by atoms with Crippen LogP contribution in [0.3, 0.4) is 0 Å². The molecule has 2 aromatic heterocycles. The van der Waals surface area contributed by atoms with Gasteiger partial charge < -0.3 is 4.90 Å². The van der Waals surface area contributed by atoms with Gasteiger partial charge in [0.25, 0.3) is 0 Å². The number of rotatable bonds is 8. The zero-order chi connectivity index (χ0) is 20.6. The Morgan fingerprint density at radius 3 is 2.72 bits per heavy atom. The lowest BCUT2D eigenvalue weighted by Gasteiger charge is -2.18. The van der Waals surface area contributed by atoms with Gasteiger partial charge in [-0.05, 0) is 30.8 Å². The maximum Gasteiger partial charge on any atom is 0.209 e. The molecule has 0 fully saturated rings. The minimum absolute atomic E-state index is 0.261. The van der Waals surface area contributed by atoms with Gasteiger partial charge in [-0.25, -0.2) is 13.1 Å². The number of hydrogen-bond acceptors (Lipinski definition) is 6. The van der Waals surface area contributed by atoms with Crippen LogP contribution < -0.4 is 4.72 Å². The first kappa shape index (κ1) is 20.3. The first-order valence-electron chi connectivity index (χ1n) is 9.73. The van der Waals surface area contributed by atoms with Gasteiger partial charge in [-0.3, -0.25) is 9.67 Å². The lowest BCUT2D eigenvalue weighted by Crippen LogP contribution is -2.27. The van der Waals surface area contributed by atoms with Crippen molar-refractivity contribution in [3.63, 3.8) is 0 Å². The number of sulfonamides is 1. The van der Waals surface area contributed by atoms with Crippen molar-refractivity contribution in [3.05, 3.63) is 36.2 Å². The summed E-state index contributed by atoms with van der Waals surface area (Å²) in [6.45, 7) is 8.37. The van der Waals surface area contributed by atoms with Crippen LogP contribution in [0.5, 0.6) is 0 Å². The molecule has 0 atom stereocenters. The number of benzene rings is 1. The first-order chi connectivity index (χ1) is 13.9. The summed E-state index contributed by atoms with van der Waals surface area (Å²) in [6.07, 6.45) is 4.82. The second-order valence-corrected chi connectivity index (χ2v) is 10.00. The molecule has 1 aliphatic rings. The molecule has 0 saturated heterocycles. The molecule has 1 aromatic carbocycles. The second-order valence-electron chi connectivity index (χ2n) is 7.11. The molecule has 3 heterocycles. The maximum absolute atomic E-state index is 11.6. The van der Waals surface area contributed by atoms with Gasteiger partial charge in [0.05, 0.1) is 18.3 Å². The Hall–Kier alpha value is -1.94. The van der Waals surface area contributed by atoms with Crippen molar-refractivity contribution in [3.8, 4) is 11.3 Å². The average molecular weight is 432 g/mol. The quantitative estimate of drug-likeness (QED) is 0.462. The monoisotopic (exact) mass is 431 g/mol. The summed E-state index contributed by atoms with van der Waals surface area (Å²) in [5.74, 6) is 0. The van der Waals surface area contributed by atoms with E-state index in [-0.39, 0.29) is 6.54 Å². The van der Waals surface area contributed by atoms with Crippen LogP contribution in [0.4, 0.5) is 0 Å². The standard InChI is InChI=1S/C20H25N5O2S2/c1-4-24(5-2)10-11-25-16-7-6-14(12-22-29(3,26)27)20-18(16)19(23-25)15-8-9-21-13-17(15)28-20/h6-9,13,22H,4-5,10-12H2,1-3H3. The molecule has 1 N–H and O–H groups in total. The highest BCUT2D eigenvalue weighted by molar-refractivity contribution is 7.99. The van der Waals surface area contributed by atoms with Crippen LogP contribution in [0.25, 0.3) is 22.2 Å². The maximum atomic E-state index is 11.6. The molecule has 0 amide bonds. The molecule has 3 aromatic rings. The molecule has 0 saturated carbocycles. The zero-order valence-corrected chi connectivity index (χ0v) is 18.5. The molecular formula is C20H25N5O2S2. The predicted octanol–water partition coefficient (Wildman–Crippen LogP) is 2.95. The lowest BCUT2D eigenvalue weighted by atomic mass is 10.1. The fraction of sp³-hybridized carbons (Fsp3) is 0.400. The van der Waals surface area contributed by atoms with Crippen molar-refractivity contribution in [1.82, 2.24) is 24.4 Å². The van der Waals surface area contributed by atoms with Gasteiger partial charge in [0.2, 0.25) is 10.0 Å². The number of aromatic nitrogens is 3. The average Bonchev–Trinajstić information content (AvgIpc) is 3.07. The highest BCUT2D eigenvalue weighted by Crippen LogP contribution is 2.48. The van der Waals surface area contributed by atoms with Gasteiger partial charge in [-0.2, -0.15) is 5.10 Å². The molecule has 1 aliphatic heterocycles. The number of nitrogens with one attached hydrogen (secondary N) is 1. The van der Waals surface area contributed by atoms with E-state index in [1.807, 2.05) is 18.3 Å². The molecule has 154 valence electrons. The topological polar surface area (TPSA) is 80.1 Å². The highest BCUT2D eigenvalue weighted by Gasteiger charge is 2.26. The largest absolute Gasteiger partial charge is 0.302 e. The third-order valence-corrected chi connectivity index (χ3v) is 7.14. The lowest BCUT2D eigenvalue weighted by molar-refractivity contribution is 0.287. The van der Waals surface area contributed by atoms with Gasteiger partial charge >= 0.3 is 0 Å². The van der Waals surface area contributed by atoms with Gasteiger partial charge in [0, 0.05) is 46.2 Å². The summed E-state index contributed by atoms with van der Waals surface area (Å²) >= 11 is 1.64. The molecule has 9 heteroatoms. The number of nitrogens with zero attached hydrogens (tertiary/aromatic N) is 4. The molecule has 0 spiro atoms. The van der Waals surface area contributed by atoms with E-state index in [1.54, 1.807) is 18.0 Å². The Morgan fingerprint density at radius 2 is 2.00 bits per heavy atom. The fourth-order valence-electron chi connectivity index (χ4n) is 3.65. The molecule has 7 nitrogen and oxygen atoms in total.